The molecule has 4 rings (SSSR count). The molecule has 1 saturated heterocycles. The van der Waals surface area contributed by atoms with E-state index in [-0.39, 0.29) is 33.7 Å². The quantitative estimate of drug-likeness (QED) is 0.146. The Morgan fingerprint density at radius 3 is 1.69 bits per heavy atom. The molecule has 2 atom stereocenters. The molecule has 2 aromatic heterocycles. The number of nitrogens with zero attached hydrogens (tertiary/aromatic N) is 3. The van der Waals surface area contributed by atoms with Crippen LogP contribution in [0.3, 0.4) is 0 Å². The summed E-state index contributed by atoms with van der Waals surface area (Å²) in [6, 6.07) is 7.16. The smallest absolute Gasteiger partial charge is 0.446 e. The molecular formula is C32H35F3N6O6S. The zero-order valence-electron chi connectivity index (χ0n) is 26.9. The lowest BCUT2D eigenvalue weighted by Gasteiger charge is -2.39. The molecule has 0 saturated carbocycles. The van der Waals surface area contributed by atoms with Crippen LogP contribution in [0.15, 0.2) is 66.1 Å². The van der Waals surface area contributed by atoms with E-state index in [1.807, 2.05) is 0 Å². The molecule has 0 radical (unpaired) electrons. The summed E-state index contributed by atoms with van der Waals surface area (Å²) in [7, 11) is 0. The van der Waals surface area contributed by atoms with Crippen molar-refractivity contribution in [2.75, 3.05) is 15.5 Å². The van der Waals surface area contributed by atoms with Gasteiger partial charge in [0.15, 0.2) is 0 Å². The van der Waals surface area contributed by atoms with Crippen LogP contribution in [0.4, 0.5) is 44.6 Å². The second kappa shape index (κ2) is 14.5. The third-order valence-corrected chi connectivity index (χ3v) is 8.31. The molecule has 1 aliphatic heterocycles. The Morgan fingerprint density at radius 2 is 1.27 bits per heavy atom. The zero-order chi connectivity index (χ0) is 35.4. The minimum absolute atomic E-state index is 0.0347. The van der Waals surface area contributed by atoms with Crippen molar-refractivity contribution >= 4 is 52.9 Å². The number of anilines is 3. The molecule has 256 valence electrons. The van der Waals surface area contributed by atoms with E-state index in [0.29, 0.717) is 11.1 Å². The van der Waals surface area contributed by atoms with Gasteiger partial charge in [-0.3, -0.25) is 25.4 Å². The predicted molar refractivity (Wildman–Crippen MR) is 173 cm³/mol. The van der Waals surface area contributed by atoms with E-state index in [1.54, 1.807) is 53.7 Å². The number of benzene rings is 1. The van der Waals surface area contributed by atoms with Gasteiger partial charge in [0.1, 0.15) is 5.54 Å². The second-order valence-corrected chi connectivity index (χ2v) is 12.6. The molecule has 3 aromatic rings. The number of rotatable bonds is 10. The number of hydrogen-bond donors (Lipinski definition) is 3. The Bertz CT molecular complexity index is 1600. The number of aromatic nitrogens is 2. The van der Waals surface area contributed by atoms with E-state index in [4.69, 9.17) is 9.47 Å². The van der Waals surface area contributed by atoms with Crippen molar-refractivity contribution in [1.82, 2.24) is 15.3 Å². The molecule has 3 heterocycles. The Labute approximate surface area is 279 Å². The van der Waals surface area contributed by atoms with Crippen molar-refractivity contribution in [2.45, 2.75) is 81.5 Å². The number of carbonyl (C=O) groups is 4. The number of carbonyl (C=O) groups excluding carboxylic acids is 4. The van der Waals surface area contributed by atoms with Crippen LogP contribution in [0.25, 0.3) is 0 Å². The van der Waals surface area contributed by atoms with Crippen molar-refractivity contribution < 1.29 is 41.8 Å². The molecule has 0 bridgehead atoms. The normalized spacial score (nSPS) is 17.6. The van der Waals surface area contributed by atoms with Crippen LogP contribution in [-0.2, 0) is 14.3 Å². The first kappa shape index (κ1) is 36.0. The monoisotopic (exact) mass is 688 g/mol. The predicted octanol–water partition coefficient (Wildman–Crippen LogP) is 7.40. The fourth-order valence-electron chi connectivity index (χ4n) is 5.53. The Hall–Kier alpha value is -4.86. The van der Waals surface area contributed by atoms with Crippen molar-refractivity contribution in [3.63, 3.8) is 0 Å². The average molecular weight is 689 g/mol. The summed E-state index contributed by atoms with van der Waals surface area (Å²) < 4.78 is 49.4. The topological polar surface area (TPSA) is 152 Å². The summed E-state index contributed by atoms with van der Waals surface area (Å²) in [5.74, 6) is -2.52. The third kappa shape index (κ3) is 7.98. The zero-order valence-corrected chi connectivity index (χ0v) is 27.7. The number of hydrogen-bond acceptors (Lipinski definition) is 9. The first-order chi connectivity index (χ1) is 22.5. The number of ether oxygens (including phenoxy) is 2. The molecular weight excluding hydrogens is 653 g/mol. The van der Waals surface area contributed by atoms with Gasteiger partial charge in [0.05, 0.1) is 41.7 Å². The number of alkyl halides is 3. The number of pyridine rings is 2. The number of amides is 5. The Morgan fingerprint density at radius 1 is 0.812 bits per heavy atom. The number of thioether (sulfide) groups is 1. The highest BCUT2D eigenvalue weighted by molar-refractivity contribution is 8.00. The lowest BCUT2D eigenvalue weighted by Crippen LogP contribution is -2.55. The van der Waals surface area contributed by atoms with Crippen molar-refractivity contribution in [3.05, 3.63) is 72.3 Å². The summed E-state index contributed by atoms with van der Waals surface area (Å²) in [5.41, 5.74) is -5.05. The Balaban J connectivity index is 1.84. The maximum Gasteiger partial charge on any atom is 0.446 e. The highest BCUT2D eigenvalue weighted by atomic mass is 32.2. The molecule has 1 fully saturated rings. The number of halogens is 3. The SMILES string of the molecule is CC(C)OC(=O)Nc1cnccc1C(C)C1(C(C)c2ccncc2NC(=O)OC(C)C)NC(=O)N(c2ccc(SC(F)(F)F)cc2)C1=O. The second-order valence-electron chi connectivity index (χ2n) is 11.5. The molecule has 1 aliphatic rings. The van der Waals surface area contributed by atoms with Gasteiger partial charge in [0.25, 0.3) is 5.91 Å². The first-order valence-electron chi connectivity index (χ1n) is 14.9. The van der Waals surface area contributed by atoms with Gasteiger partial charge < -0.3 is 14.8 Å². The molecule has 5 amide bonds. The van der Waals surface area contributed by atoms with Crippen LogP contribution in [0, 0.1) is 0 Å². The molecule has 12 nitrogen and oxygen atoms in total. The molecule has 0 spiro atoms. The Kier molecular flexibility index (Phi) is 10.9. The standard InChI is InChI=1S/C32H35F3N6O6S/c1-17(2)46-29(44)38-25-15-36-13-11-23(25)19(5)31(20(6)24-12-14-37-16-26(24)39-30(45)47-18(3)4)27(42)41(28(43)40-31)21-7-9-22(10-8-21)48-32(33,34)35/h7-20H,1-6H3,(H,38,44)(H,39,45)(H,40,43). The van der Waals surface area contributed by atoms with Gasteiger partial charge in [0.2, 0.25) is 0 Å². The highest BCUT2D eigenvalue weighted by Crippen LogP contribution is 2.48. The maximum absolute atomic E-state index is 14.7. The van der Waals surface area contributed by atoms with E-state index >= 15 is 0 Å². The lowest BCUT2D eigenvalue weighted by atomic mass is 9.69. The number of urea groups is 1. The van der Waals surface area contributed by atoms with Crippen LogP contribution in [-0.4, -0.2) is 57.3 Å². The summed E-state index contributed by atoms with van der Waals surface area (Å²) in [6.07, 6.45) is 3.28. The van der Waals surface area contributed by atoms with Gasteiger partial charge in [-0.05, 0) is 87.0 Å². The van der Waals surface area contributed by atoms with E-state index in [1.165, 1.54) is 36.9 Å². The fourth-order valence-corrected chi connectivity index (χ4v) is 6.07. The summed E-state index contributed by atoms with van der Waals surface area (Å²) in [4.78, 5) is 62.7. The van der Waals surface area contributed by atoms with Crippen LogP contribution in [0.2, 0.25) is 0 Å². The highest BCUT2D eigenvalue weighted by Gasteiger charge is 2.59. The van der Waals surface area contributed by atoms with E-state index in [0.717, 1.165) is 17.0 Å². The van der Waals surface area contributed by atoms with Crippen molar-refractivity contribution in [2.24, 2.45) is 0 Å². The molecule has 48 heavy (non-hydrogen) atoms. The van der Waals surface area contributed by atoms with Crippen LogP contribution in [0.1, 0.15) is 64.5 Å². The van der Waals surface area contributed by atoms with Gasteiger partial charge >= 0.3 is 23.7 Å². The van der Waals surface area contributed by atoms with Crippen molar-refractivity contribution in [3.8, 4) is 0 Å². The minimum atomic E-state index is -4.53. The van der Waals surface area contributed by atoms with E-state index < -0.39 is 59.2 Å². The molecule has 1 aromatic carbocycles. The number of nitrogens with one attached hydrogen (secondary N) is 3. The maximum atomic E-state index is 14.7. The largest absolute Gasteiger partial charge is 0.447 e. The first-order valence-corrected chi connectivity index (χ1v) is 15.7. The minimum Gasteiger partial charge on any atom is -0.447 e. The summed E-state index contributed by atoms with van der Waals surface area (Å²) in [5, 5.41) is 8.17. The summed E-state index contributed by atoms with van der Waals surface area (Å²) >= 11 is -0.328. The van der Waals surface area contributed by atoms with Gasteiger partial charge in [-0.25, -0.2) is 19.3 Å². The van der Waals surface area contributed by atoms with Gasteiger partial charge in [-0.1, -0.05) is 13.8 Å². The van der Waals surface area contributed by atoms with Crippen LogP contribution in [0.5, 0.6) is 0 Å². The summed E-state index contributed by atoms with van der Waals surface area (Å²) in [6.45, 7) is 10.1. The lowest BCUT2D eigenvalue weighted by molar-refractivity contribution is -0.123. The number of imide groups is 1. The van der Waals surface area contributed by atoms with Gasteiger partial charge in [-0.15, -0.1) is 0 Å². The van der Waals surface area contributed by atoms with Gasteiger partial charge in [-0.2, -0.15) is 13.2 Å². The molecule has 3 N–H and O–H groups in total. The van der Waals surface area contributed by atoms with Gasteiger partial charge in [0, 0.05) is 29.1 Å². The molecule has 2 unspecified atom stereocenters. The average Bonchev–Trinajstić information content (AvgIpc) is 3.26. The molecule has 0 aliphatic carbocycles. The van der Waals surface area contributed by atoms with E-state index in [2.05, 4.69) is 25.9 Å². The van der Waals surface area contributed by atoms with Crippen LogP contribution >= 0.6 is 11.8 Å². The van der Waals surface area contributed by atoms with E-state index in [9.17, 15) is 32.3 Å². The van der Waals surface area contributed by atoms with Crippen LogP contribution < -0.4 is 20.9 Å². The molecule has 16 heteroatoms. The fraction of sp³-hybridized carbons (Fsp3) is 0.375. The third-order valence-electron chi connectivity index (χ3n) is 7.57. The van der Waals surface area contributed by atoms with Crippen molar-refractivity contribution in [1.29, 1.82) is 0 Å².